The van der Waals surface area contributed by atoms with Crippen molar-refractivity contribution in [3.05, 3.63) is 12.7 Å². The lowest BCUT2D eigenvalue weighted by atomic mass is 10.5. The fraction of sp³-hybridized carbons (Fsp3) is 0.733. The Balaban J connectivity index is 5.41. The summed E-state index contributed by atoms with van der Waals surface area (Å²) in [6.45, 7) is 15.7. The zero-order valence-corrected chi connectivity index (χ0v) is 13.9. The van der Waals surface area contributed by atoms with Crippen LogP contribution >= 0.6 is 0 Å². The van der Waals surface area contributed by atoms with Crippen LogP contribution in [0.5, 0.6) is 0 Å². The molecule has 0 heterocycles. The lowest BCUT2D eigenvalue weighted by Gasteiger charge is -2.38. The van der Waals surface area contributed by atoms with Gasteiger partial charge in [-0.25, -0.2) is 0 Å². The number of halogens is 2. The monoisotopic (exact) mass is 288 g/mol. The van der Waals surface area contributed by atoms with Gasteiger partial charge in [-0.15, -0.1) is 12.1 Å². The molecule has 4 heteroatoms. The number of ether oxygens (including phenoxy) is 1. The molecule has 0 aromatic carbocycles. The smallest absolute Gasteiger partial charge is 0.306 e. The van der Waals surface area contributed by atoms with E-state index in [0.717, 1.165) is 0 Å². The molecule has 19 heavy (non-hydrogen) atoms. The van der Waals surface area contributed by atoms with E-state index in [-0.39, 0.29) is 6.61 Å². The molecule has 0 aromatic rings. The molecule has 0 aliphatic rings. The van der Waals surface area contributed by atoms with E-state index in [1.165, 1.54) is 6.08 Å². The molecule has 0 atom stereocenters. The van der Waals surface area contributed by atoms with Crippen molar-refractivity contribution < 1.29 is 13.5 Å². The van der Waals surface area contributed by atoms with Crippen LogP contribution in [0.25, 0.3) is 0 Å². The third-order valence-electron chi connectivity index (χ3n) is 3.67. The summed E-state index contributed by atoms with van der Waals surface area (Å²) in [7, 11) is -2.12. The van der Waals surface area contributed by atoms with E-state index in [9.17, 15) is 8.78 Å². The lowest BCUT2D eigenvalue weighted by Crippen LogP contribution is -2.43. The summed E-state index contributed by atoms with van der Waals surface area (Å²) in [6.07, 6.45) is -2.08. The van der Waals surface area contributed by atoms with Crippen LogP contribution in [0.1, 0.15) is 41.5 Å². The molecule has 110 valence electrons. The molecule has 1 nitrogen and oxygen atoms in total. The minimum atomic E-state index is -3.38. The molecule has 0 aliphatic carbocycles. The molecule has 0 spiro atoms. The Morgan fingerprint density at radius 2 is 1.53 bits per heavy atom. The average Bonchev–Trinajstić information content (AvgIpc) is 2.25. The normalized spacial score (nSPS) is 12.8. The Morgan fingerprint density at radius 1 is 1.11 bits per heavy atom. The van der Waals surface area contributed by atoms with Crippen LogP contribution in [-0.4, -0.2) is 20.8 Å². The van der Waals surface area contributed by atoms with Crippen molar-refractivity contribution in [3.63, 3.8) is 0 Å². The first kappa shape index (κ1) is 18.3. The highest BCUT2D eigenvalue weighted by Crippen LogP contribution is 2.41. The second-order valence-electron chi connectivity index (χ2n) is 5.76. The van der Waals surface area contributed by atoms with Gasteiger partial charge in [0.15, 0.2) is 0 Å². The van der Waals surface area contributed by atoms with Gasteiger partial charge in [-0.1, -0.05) is 47.6 Å². The van der Waals surface area contributed by atoms with E-state index in [1.54, 1.807) is 0 Å². The molecular formula is C15H26F2OSi. The van der Waals surface area contributed by atoms with Gasteiger partial charge < -0.3 is 4.74 Å². The van der Waals surface area contributed by atoms with E-state index in [2.05, 4.69) is 64.3 Å². The largest absolute Gasteiger partial charge is 0.422 e. The molecule has 0 aromatic heterocycles. The maximum Gasteiger partial charge on any atom is 0.422 e. The van der Waals surface area contributed by atoms with Crippen LogP contribution in [0.3, 0.4) is 0 Å². The van der Waals surface area contributed by atoms with Crippen LogP contribution in [0.2, 0.25) is 16.6 Å². The molecule has 0 bridgehead atoms. The predicted octanol–water partition coefficient (Wildman–Crippen LogP) is 5.00. The third-order valence-corrected chi connectivity index (χ3v) is 9.96. The SMILES string of the molecule is C=CCOC(F)(F)C#C[Si](C(C)C)(C(C)C)C(C)C. The van der Waals surface area contributed by atoms with Crippen molar-refractivity contribution in [1.29, 1.82) is 0 Å². The van der Waals surface area contributed by atoms with Crippen molar-refractivity contribution in [2.24, 2.45) is 0 Å². The number of rotatable bonds is 6. The molecule has 0 N–H and O–H groups in total. The molecule has 0 aliphatic heterocycles. The summed E-state index contributed by atoms with van der Waals surface area (Å²) in [4.78, 5) is 0. The molecule has 0 unspecified atom stereocenters. The molecule has 0 fully saturated rings. The Bertz CT molecular complexity index is 329. The fourth-order valence-electron chi connectivity index (χ4n) is 2.81. The number of alkyl halides is 2. The van der Waals surface area contributed by atoms with E-state index in [0.29, 0.717) is 16.6 Å². The van der Waals surface area contributed by atoms with Gasteiger partial charge in [0.05, 0.1) is 6.61 Å². The van der Waals surface area contributed by atoms with Gasteiger partial charge in [-0.3, -0.25) is 0 Å². The minimum Gasteiger partial charge on any atom is -0.306 e. The first-order valence-electron chi connectivity index (χ1n) is 6.77. The second kappa shape index (κ2) is 7.21. The van der Waals surface area contributed by atoms with Crippen LogP contribution in [0, 0.1) is 11.5 Å². The average molecular weight is 288 g/mol. The zero-order valence-electron chi connectivity index (χ0n) is 12.9. The highest BCUT2D eigenvalue weighted by Gasteiger charge is 2.42. The summed E-state index contributed by atoms with van der Waals surface area (Å²) in [5, 5.41) is 0. The van der Waals surface area contributed by atoms with Crippen LogP contribution in [0.4, 0.5) is 8.78 Å². The topological polar surface area (TPSA) is 9.23 Å². The van der Waals surface area contributed by atoms with Gasteiger partial charge in [0.25, 0.3) is 0 Å². The fourth-order valence-corrected chi connectivity index (χ4v) is 8.04. The van der Waals surface area contributed by atoms with Gasteiger partial charge in [0.1, 0.15) is 8.07 Å². The van der Waals surface area contributed by atoms with Crippen molar-refractivity contribution >= 4 is 8.07 Å². The Labute approximate surface area is 117 Å². The van der Waals surface area contributed by atoms with E-state index < -0.39 is 14.2 Å². The van der Waals surface area contributed by atoms with E-state index in [1.807, 2.05) is 0 Å². The first-order chi connectivity index (χ1) is 8.60. The summed E-state index contributed by atoms with van der Waals surface area (Å²) in [6, 6.07) is 0. The summed E-state index contributed by atoms with van der Waals surface area (Å²) in [5.41, 5.74) is 3.95. The number of hydrogen-bond donors (Lipinski definition) is 0. The molecule has 0 saturated carbocycles. The van der Waals surface area contributed by atoms with E-state index >= 15 is 0 Å². The highest BCUT2D eigenvalue weighted by atomic mass is 28.3. The van der Waals surface area contributed by atoms with Crippen molar-refractivity contribution in [1.82, 2.24) is 0 Å². The maximum atomic E-state index is 13.5. The van der Waals surface area contributed by atoms with Crippen LogP contribution in [-0.2, 0) is 4.74 Å². The Hall–Kier alpha value is -0.663. The van der Waals surface area contributed by atoms with Crippen LogP contribution in [0.15, 0.2) is 12.7 Å². The summed E-state index contributed by atoms with van der Waals surface area (Å²) in [5.74, 6) is 2.09. The summed E-state index contributed by atoms with van der Waals surface area (Å²) < 4.78 is 31.4. The van der Waals surface area contributed by atoms with Crippen molar-refractivity contribution in [2.75, 3.05) is 6.61 Å². The molecule has 0 radical (unpaired) electrons. The van der Waals surface area contributed by atoms with Crippen molar-refractivity contribution in [3.8, 4) is 11.5 Å². The molecule has 0 saturated heterocycles. The lowest BCUT2D eigenvalue weighted by molar-refractivity contribution is -0.184. The van der Waals surface area contributed by atoms with E-state index in [4.69, 9.17) is 0 Å². The summed E-state index contributed by atoms with van der Waals surface area (Å²) >= 11 is 0. The van der Waals surface area contributed by atoms with Gasteiger partial charge in [-0.05, 0) is 22.5 Å². The number of hydrogen-bond acceptors (Lipinski definition) is 1. The molecule has 0 rings (SSSR count). The van der Waals surface area contributed by atoms with Gasteiger partial charge in [0, 0.05) is 0 Å². The predicted molar refractivity (Wildman–Crippen MR) is 79.9 cm³/mol. The van der Waals surface area contributed by atoms with Crippen molar-refractivity contribution in [2.45, 2.75) is 64.3 Å². The third kappa shape index (κ3) is 4.74. The molecular weight excluding hydrogens is 262 g/mol. The van der Waals surface area contributed by atoms with Gasteiger partial charge >= 0.3 is 6.11 Å². The van der Waals surface area contributed by atoms with Gasteiger partial charge in [0.2, 0.25) is 0 Å². The highest BCUT2D eigenvalue weighted by molar-refractivity contribution is 6.90. The Morgan fingerprint density at radius 3 is 1.84 bits per heavy atom. The second-order valence-corrected chi connectivity index (χ2v) is 11.3. The minimum absolute atomic E-state index is 0.193. The first-order valence-corrected chi connectivity index (χ1v) is 9.00. The standard InChI is InChI=1S/C15H26F2OSi/c1-8-10-18-15(16,17)9-11-19(12(2)3,13(4)5)14(6)7/h8,12-14H,1,10H2,2-7H3. The van der Waals surface area contributed by atoms with Gasteiger partial charge in [-0.2, -0.15) is 8.78 Å². The Kier molecular flexibility index (Phi) is 6.96. The molecule has 0 amide bonds. The maximum absolute atomic E-state index is 13.5. The zero-order chi connectivity index (χ0) is 15.3. The van der Waals surface area contributed by atoms with Crippen LogP contribution < -0.4 is 0 Å². The quantitative estimate of drug-likeness (QED) is 0.379.